The SMILES string of the molecule is COc1ccc(CCCC(=O)Nc2cc(C(=O)O)ccc2C)c(OC)c1. The molecular weight excluding hydrogens is 334 g/mol. The van der Waals surface area contributed by atoms with E-state index in [1.807, 2.05) is 25.1 Å². The van der Waals surface area contributed by atoms with Gasteiger partial charge in [-0.3, -0.25) is 4.79 Å². The van der Waals surface area contributed by atoms with Crippen molar-refractivity contribution in [3.8, 4) is 11.5 Å². The summed E-state index contributed by atoms with van der Waals surface area (Å²) in [5, 5.41) is 11.8. The Bertz CT molecular complexity index is 801. The topological polar surface area (TPSA) is 84.9 Å². The molecule has 2 N–H and O–H groups in total. The number of carboxylic acids is 1. The number of aromatic carboxylic acids is 1. The number of carbonyl (C=O) groups excluding carboxylic acids is 1. The zero-order valence-corrected chi connectivity index (χ0v) is 15.2. The first kappa shape index (κ1) is 19.3. The summed E-state index contributed by atoms with van der Waals surface area (Å²) in [5.74, 6) is 0.280. The molecule has 0 heterocycles. The molecule has 2 aromatic rings. The van der Waals surface area contributed by atoms with Gasteiger partial charge in [0.25, 0.3) is 0 Å². The van der Waals surface area contributed by atoms with Gasteiger partial charge in [-0.1, -0.05) is 12.1 Å². The first-order valence-electron chi connectivity index (χ1n) is 8.29. The van der Waals surface area contributed by atoms with Gasteiger partial charge in [0.2, 0.25) is 5.91 Å². The van der Waals surface area contributed by atoms with Gasteiger partial charge in [0, 0.05) is 18.2 Å². The quantitative estimate of drug-likeness (QED) is 0.753. The molecule has 6 nitrogen and oxygen atoms in total. The second kappa shape index (κ2) is 8.89. The molecule has 26 heavy (non-hydrogen) atoms. The Morgan fingerprint density at radius 2 is 1.85 bits per heavy atom. The molecule has 0 radical (unpaired) electrons. The Morgan fingerprint density at radius 3 is 2.50 bits per heavy atom. The molecule has 0 aliphatic heterocycles. The summed E-state index contributed by atoms with van der Waals surface area (Å²) in [6.45, 7) is 1.82. The summed E-state index contributed by atoms with van der Waals surface area (Å²) in [4.78, 5) is 23.2. The molecule has 0 aromatic heterocycles. The van der Waals surface area contributed by atoms with Gasteiger partial charge in [0.1, 0.15) is 11.5 Å². The van der Waals surface area contributed by atoms with E-state index in [9.17, 15) is 9.59 Å². The monoisotopic (exact) mass is 357 g/mol. The third-order valence-corrected chi connectivity index (χ3v) is 4.10. The third kappa shape index (κ3) is 4.99. The molecule has 2 aromatic carbocycles. The number of anilines is 1. The summed E-state index contributed by atoms with van der Waals surface area (Å²) in [6.07, 6.45) is 1.66. The predicted octanol–water partition coefficient (Wildman–Crippen LogP) is 3.67. The van der Waals surface area contributed by atoms with Gasteiger partial charge in [0.15, 0.2) is 0 Å². The van der Waals surface area contributed by atoms with Crippen molar-refractivity contribution in [3.63, 3.8) is 0 Å². The summed E-state index contributed by atoms with van der Waals surface area (Å²) in [5.41, 5.74) is 2.50. The number of methoxy groups -OCH3 is 2. The van der Waals surface area contributed by atoms with E-state index in [-0.39, 0.29) is 11.5 Å². The lowest BCUT2D eigenvalue weighted by Crippen LogP contribution is -2.13. The molecule has 0 saturated heterocycles. The van der Waals surface area contributed by atoms with Crippen LogP contribution in [-0.2, 0) is 11.2 Å². The van der Waals surface area contributed by atoms with Crippen LogP contribution in [0, 0.1) is 6.92 Å². The summed E-state index contributed by atoms with van der Waals surface area (Å²) in [6, 6.07) is 10.3. The van der Waals surface area contributed by atoms with Gasteiger partial charge >= 0.3 is 5.97 Å². The highest BCUT2D eigenvalue weighted by atomic mass is 16.5. The number of benzene rings is 2. The predicted molar refractivity (Wildman–Crippen MR) is 99.3 cm³/mol. The zero-order chi connectivity index (χ0) is 19.1. The highest BCUT2D eigenvalue weighted by Crippen LogP contribution is 2.26. The number of hydrogen-bond donors (Lipinski definition) is 2. The maximum Gasteiger partial charge on any atom is 0.335 e. The van der Waals surface area contributed by atoms with E-state index >= 15 is 0 Å². The van der Waals surface area contributed by atoms with Gasteiger partial charge in [-0.05, 0) is 49.1 Å². The Labute approximate surface area is 152 Å². The van der Waals surface area contributed by atoms with Crippen molar-refractivity contribution >= 4 is 17.6 Å². The third-order valence-electron chi connectivity index (χ3n) is 4.10. The fourth-order valence-electron chi connectivity index (χ4n) is 2.60. The fraction of sp³-hybridized carbons (Fsp3) is 0.300. The number of carbonyl (C=O) groups is 2. The van der Waals surface area contributed by atoms with Crippen molar-refractivity contribution in [1.82, 2.24) is 0 Å². The van der Waals surface area contributed by atoms with Crippen LogP contribution in [0.5, 0.6) is 11.5 Å². The smallest absolute Gasteiger partial charge is 0.335 e. The van der Waals surface area contributed by atoms with Crippen LogP contribution < -0.4 is 14.8 Å². The van der Waals surface area contributed by atoms with E-state index in [1.165, 1.54) is 12.1 Å². The zero-order valence-electron chi connectivity index (χ0n) is 15.2. The number of amides is 1. The standard InChI is InChI=1S/C20H23NO5/c1-13-7-8-15(20(23)24)11-17(13)21-19(22)6-4-5-14-9-10-16(25-2)12-18(14)26-3/h7-12H,4-6H2,1-3H3,(H,21,22)(H,23,24). The lowest BCUT2D eigenvalue weighted by Gasteiger charge is -2.11. The normalized spacial score (nSPS) is 10.3. The van der Waals surface area contributed by atoms with Gasteiger partial charge in [-0.2, -0.15) is 0 Å². The average molecular weight is 357 g/mol. The first-order valence-corrected chi connectivity index (χ1v) is 8.29. The van der Waals surface area contributed by atoms with E-state index in [0.29, 0.717) is 24.9 Å². The Morgan fingerprint density at radius 1 is 1.08 bits per heavy atom. The minimum Gasteiger partial charge on any atom is -0.497 e. The van der Waals surface area contributed by atoms with E-state index in [4.69, 9.17) is 14.6 Å². The Balaban J connectivity index is 1.94. The number of hydrogen-bond acceptors (Lipinski definition) is 4. The molecule has 0 unspecified atom stereocenters. The van der Waals surface area contributed by atoms with Crippen LogP contribution in [0.1, 0.15) is 34.3 Å². The molecule has 138 valence electrons. The highest BCUT2D eigenvalue weighted by Gasteiger charge is 2.10. The van der Waals surface area contributed by atoms with Crippen LogP contribution in [0.3, 0.4) is 0 Å². The van der Waals surface area contributed by atoms with Crippen molar-refractivity contribution in [2.24, 2.45) is 0 Å². The van der Waals surface area contributed by atoms with Crippen molar-refractivity contribution < 1.29 is 24.2 Å². The van der Waals surface area contributed by atoms with Crippen molar-refractivity contribution in [2.45, 2.75) is 26.2 Å². The molecule has 0 bridgehead atoms. The first-order chi connectivity index (χ1) is 12.4. The summed E-state index contributed by atoms with van der Waals surface area (Å²) in [7, 11) is 3.20. The number of nitrogens with one attached hydrogen (secondary N) is 1. The van der Waals surface area contributed by atoms with Crippen LogP contribution in [0.4, 0.5) is 5.69 Å². The second-order valence-electron chi connectivity index (χ2n) is 5.91. The van der Waals surface area contributed by atoms with Crippen molar-refractivity contribution in [1.29, 1.82) is 0 Å². The molecule has 0 atom stereocenters. The highest BCUT2D eigenvalue weighted by molar-refractivity contribution is 5.94. The maximum atomic E-state index is 12.2. The lowest BCUT2D eigenvalue weighted by atomic mass is 10.1. The summed E-state index contributed by atoms with van der Waals surface area (Å²) < 4.78 is 10.5. The van der Waals surface area contributed by atoms with Gasteiger partial charge < -0.3 is 19.9 Å². The Hall–Kier alpha value is -3.02. The maximum absolute atomic E-state index is 12.2. The van der Waals surface area contributed by atoms with E-state index in [1.54, 1.807) is 20.3 Å². The van der Waals surface area contributed by atoms with Crippen LogP contribution >= 0.6 is 0 Å². The molecule has 1 amide bonds. The number of aryl methyl sites for hydroxylation is 2. The second-order valence-corrected chi connectivity index (χ2v) is 5.91. The van der Waals surface area contributed by atoms with Gasteiger partial charge in [-0.15, -0.1) is 0 Å². The molecule has 0 aliphatic rings. The lowest BCUT2D eigenvalue weighted by molar-refractivity contribution is -0.116. The molecule has 0 saturated carbocycles. The fourth-order valence-corrected chi connectivity index (χ4v) is 2.60. The molecular formula is C20H23NO5. The molecule has 2 rings (SSSR count). The summed E-state index contributed by atoms with van der Waals surface area (Å²) >= 11 is 0. The minimum atomic E-state index is -1.02. The number of ether oxygens (including phenoxy) is 2. The minimum absolute atomic E-state index is 0.147. The molecule has 0 spiro atoms. The largest absolute Gasteiger partial charge is 0.497 e. The average Bonchev–Trinajstić information content (AvgIpc) is 2.63. The van der Waals surface area contributed by atoms with E-state index < -0.39 is 5.97 Å². The van der Waals surface area contributed by atoms with E-state index in [2.05, 4.69) is 5.32 Å². The van der Waals surface area contributed by atoms with Gasteiger partial charge in [-0.25, -0.2) is 4.79 Å². The molecule has 0 aliphatic carbocycles. The molecule has 0 fully saturated rings. The van der Waals surface area contributed by atoms with Gasteiger partial charge in [0.05, 0.1) is 19.8 Å². The Kier molecular flexibility index (Phi) is 6.60. The van der Waals surface area contributed by atoms with Crippen molar-refractivity contribution in [3.05, 3.63) is 53.1 Å². The number of carboxylic acid groups (broad SMARTS) is 1. The molecule has 6 heteroatoms. The number of rotatable bonds is 8. The van der Waals surface area contributed by atoms with E-state index in [0.717, 1.165) is 22.6 Å². The van der Waals surface area contributed by atoms with Crippen molar-refractivity contribution in [2.75, 3.05) is 19.5 Å². The van der Waals surface area contributed by atoms with Crippen LogP contribution in [0.25, 0.3) is 0 Å². The van der Waals surface area contributed by atoms with Crippen LogP contribution in [0.2, 0.25) is 0 Å². The van der Waals surface area contributed by atoms with Crippen LogP contribution in [-0.4, -0.2) is 31.2 Å². The van der Waals surface area contributed by atoms with Crippen LogP contribution in [0.15, 0.2) is 36.4 Å².